The van der Waals surface area contributed by atoms with Crippen LogP contribution in [0.15, 0.2) is 23.5 Å². The number of nitrogens with two attached hydrogens (primary N) is 2. The molecule has 2 atom stereocenters. The van der Waals surface area contributed by atoms with Crippen molar-refractivity contribution in [3.05, 3.63) is 23.5 Å². The van der Waals surface area contributed by atoms with E-state index in [1.165, 1.54) is 12.2 Å². The molecule has 21 heavy (non-hydrogen) atoms. The van der Waals surface area contributed by atoms with Gasteiger partial charge in [0, 0.05) is 23.5 Å². The van der Waals surface area contributed by atoms with Crippen molar-refractivity contribution < 1.29 is 23.8 Å². The molecule has 0 aromatic rings. The molecule has 0 amide bonds. The van der Waals surface area contributed by atoms with E-state index in [1.807, 2.05) is 0 Å². The molecular weight excluding hydrogens is 276 g/mol. The van der Waals surface area contributed by atoms with Crippen LogP contribution in [0.4, 0.5) is 0 Å². The fourth-order valence-corrected chi connectivity index (χ4v) is 1.30. The van der Waals surface area contributed by atoms with E-state index >= 15 is 0 Å². The molecule has 0 aromatic carbocycles. The standard InChI is InChI=1S/C14H24N2O5/c1-9(15)5-13(17)20-11(3)7-19-8-12(4)21-14(18)6-10(2)16/h5-6,11-12H,7-8,15-16H2,1-4H3/b9-5-,10-6+. The molecule has 0 saturated carbocycles. The van der Waals surface area contributed by atoms with Crippen LogP contribution in [0.1, 0.15) is 27.7 Å². The van der Waals surface area contributed by atoms with E-state index in [0.29, 0.717) is 11.4 Å². The summed E-state index contributed by atoms with van der Waals surface area (Å²) in [5, 5.41) is 0. The summed E-state index contributed by atoms with van der Waals surface area (Å²) < 4.78 is 15.4. The van der Waals surface area contributed by atoms with Crippen LogP contribution in [-0.4, -0.2) is 37.4 Å². The third kappa shape index (κ3) is 11.5. The summed E-state index contributed by atoms with van der Waals surface area (Å²) in [4.78, 5) is 22.6. The van der Waals surface area contributed by atoms with Gasteiger partial charge in [-0.1, -0.05) is 0 Å². The van der Waals surface area contributed by atoms with Gasteiger partial charge in [-0.2, -0.15) is 0 Å². The van der Waals surface area contributed by atoms with E-state index in [-0.39, 0.29) is 13.2 Å². The van der Waals surface area contributed by atoms with E-state index in [4.69, 9.17) is 25.7 Å². The van der Waals surface area contributed by atoms with Gasteiger partial charge in [0.2, 0.25) is 0 Å². The highest BCUT2D eigenvalue weighted by molar-refractivity contribution is 5.83. The predicted octanol–water partition coefficient (Wildman–Crippen LogP) is 0.591. The molecule has 2 unspecified atom stereocenters. The fraction of sp³-hybridized carbons (Fsp3) is 0.571. The second-order valence-corrected chi connectivity index (χ2v) is 4.81. The quantitative estimate of drug-likeness (QED) is 0.498. The monoisotopic (exact) mass is 300 g/mol. The average molecular weight is 300 g/mol. The van der Waals surface area contributed by atoms with Gasteiger partial charge in [0.25, 0.3) is 0 Å². The molecular formula is C14H24N2O5. The molecule has 0 heterocycles. The molecule has 0 bridgehead atoms. The minimum absolute atomic E-state index is 0.191. The maximum atomic E-state index is 11.3. The fourth-order valence-electron chi connectivity index (χ4n) is 1.30. The van der Waals surface area contributed by atoms with Gasteiger partial charge in [0.1, 0.15) is 12.2 Å². The van der Waals surface area contributed by atoms with Crippen molar-refractivity contribution in [1.29, 1.82) is 0 Å². The van der Waals surface area contributed by atoms with Crippen LogP contribution >= 0.6 is 0 Å². The van der Waals surface area contributed by atoms with Gasteiger partial charge >= 0.3 is 11.9 Å². The number of carbonyl (C=O) groups is 2. The van der Waals surface area contributed by atoms with E-state index in [2.05, 4.69) is 0 Å². The van der Waals surface area contributed by atoms with Gasteiger partial charge in [-0.3, -0.25) is 0 Å². The van der Waals surface area contributed by atoms with Crippen LogP contribution < -0.4 is 11.5 Å². The van der Waals surface area contributed by atoms with Crippen LogP contribution in [0.2, 0.25) is 0 Å². The summed E-state index contributed by atoms with van der Waals surface area (Å²) in [5.41, 5.74) is 11.5. The Labute approximate surface area is 124 Å². The second-order valence-electron chi connectivity index (χ2n) is 4.81. The lowest BCUT2D eigenvalue weighted by Crippen LogP contribution is -2.25. The SMILES string of the molecule is C/C(N)=C/C(=O)OC(C)COCC(C)OC(=O)/C=C(\C)N. The lowest BCUT2D eigenvalue weighted by Gasteiger charge is -2.15. The minimum Gasteiger partial charge on any atom is -0.457 e. The zero-order valence-electron chi connectivity index (χ0n) is 12.9. The largest absolute Gasteiger partial charge is 0.457 e. The number of hydrogen-bond donors (Lipinski definition) is 2. The topological polar surface area (TPSA) is 114 Å². The van der Waals surface area contributed by atoms with E-state index in [0.717, 1.165) is 0 Å². The number of hydrogen-bond acceptors (Lipinski definition) is 7. The molecule has 120 valence electrons. The molecule has 0 aliphatic heterocycles. The molecule has 0 rings (SSSR count). The number of carbonyl (C=O) groups excluding carboxylic acids is 2. The first-order chi connectivity index (χ1) is 9.70. The highest BCUT2D eigenvalue weighted by Crippen LogP contribution is 1.99. The summed E-state index contributed by atoms with van der Waals surface area (Å²) in [7, 11) is 0. The highest BCUT2D eigenvalue weighted by Gasteiger charge is 2.11. The zero-order valence-corrected chi connectivity index (χ0v) is 12.9. The lowest BCUT2D eigenvalue weighted by atomic mass is 10.4. The summed E-state index contributed by atoms with van der Waals surface area (Å²) >= 11 is 0. The van der Waals surface area contributed by atoms with Gasteiger partial charge in [0.05, 0.1) is 13.2 Å². The third-order valence-corrected chi connectivity index (χ3v) is 2.03. The molecule has 0 aliphatic rings. The first-order valence-electron chi connectivity index (χ1n) is 6.57. The summed E-state index contributed by atoms with van der Waals surface area (Å²) in [6, 6.07) is 0. The Kier molecular flexibility index (Phi) is 8.87. The third-order valence-electron chi connectivity index (χ3n) is 2.03. The second kappa shape index (κ2) is 9.82. The first kappa shape index (κ1) is 19.0. The van der Waals surface area contributed by atoms with Gasteiger partial charge in [-0.05, 0) is 27.7 Å². The number of rotatable bonds is 8. The molecule has 0 saturated heterocycles. The number of ether oxygens (including phenoxy) is 3. The van der Waals surface area contributed by atoms with Crippen molar-refractivity contribution in [1.82, 2.24) is 0 Å². The van der Waals surface area contributed by atoms with Gasteiger partial charge < -0.3 is 25.7 Å². The van der Waals surface area contributed by atoms with Crippen LogP contribution in [0.5, 0.6) is 0 Å². The maximum absolute atomic E-state index is 11.3. The Hall–Kier alpha value is -2.02. The Morgan fingerprint density at radius 1 is 0.905 bits per heavy atom. The zero-order chi connectivity index (χ0) is 16.4. The smallest absolute Gasteiger partial charge is 0.332 e. The molecule has 0 fully saturated rings. The van der Waals surface area contributed by atoms with Crippen LogP contribution in [0.3, 0.4) is 0 Å². The van der Waals surface area contributed by atoms with Gasteiger partial charge in [-0.25, -0.2) is 9.59 Å². The van der Waals surface area contributed by atoms with Crippen LogP contribution in [0.25, 0.3) is 0 Å². The molecule has 0 radical (unpaired) electrons. The van der Waals surface area contributed by atoms with Gasteiger partial charge in [-0.15, -0.1) is 0 Å². The van der Waals surface area contributed by atoms with Crippen molar-refractivity contribution in [3.8, 4) is 0 Å². The molecule has 4 N–H and O–H groups in total. The Balaban J connectivity index is 3.93. The molecule has 0 aliphatic carbocycles. The van der Waals surface area contributed by atoms with Crippen molar-refractivity contribution in [2.24, 2.45) is 11.5 Å². The van der Waals surface area contributed by atoms with Crippen molar-refractivity contribution >= 4 is 11.9 Å². The summed E-state index contributed by atoms with van der Waals surface area (Å²) in [6.45, 7) is 6.95. The minimum atomic E-state index is -0.519. The van der Waals surface area contributed by atoms with Crippen LogP contribution in [0, 0.1) is 0 Å². The van der Waals surface area contributed by atoms with Crippen molar-refractivity contribution in [2.45, 2.75) is 39.9 Å². The Morgan fingerprint density at radius 3 is 1.52 bits per heavy atom. The average Bonchev–Trinajstić information content (AvgIpc) is 2.25. The van der Waals surface area contributed by atoms with E-state index < -0.39 is 24.1 Å². The molecule has 0 spiro atoms. The predicted molar refractivity (Wildman–Crippen MR) is 77.8 cm³/mol. The maximum Gasteiger partial charge on any atom is 0.332 e. The lowest BCUT2D eigenvalue weighted by molar-refractivity contribution is -0.148. The van der Waals surface area contributed by atoms with E-state index in [9.17, 15) is 9.59 Å². The Morgan fingerprint density at radius 2 is 1.24 bits per heavy atom. The summed E-state index contributed by atoms with van der Waals surface area (Å²) in [6.07, 6.45) is 1.54. The molecule has 7 nitrogen and oxygen atoms in total. The highest BCUT2D eigenvalue weighted by atomic mass is 16.6. The molecule has 0 aromatic heterocycles. The van der Waals surface area contributed by atoms with Crippen LogP contribution in [-0.2, 0) is 23.8 Å². The number of esters is 2. The summed E-state index contributed by atoms with van der Waals surface area (Å²) in [5.74, 6) is -1.04. The number of allylic oxidation sites excluding steroid dienone is 2. The Bertz CT molecular complexity index is 372. The molecule has 7 heteroatoms. The normalized spacial score (nSPS) is 15.2. The first-order valence-corrected chi connectivity index (χ1v) is 6.57. The van der Waals surface area contributed by atoms with Crippen molar-refractivity contribution in [3.63, 3.8) is 0 Å². The van der Waals surface area contributed by atoms with Gasteiger partial charge in [0.15, 0.2) is 0 Å². The van der Waals surface area contributed by atoms with Crippen molar-refractivity contribution in [2.75, 3.05) is 13.2 Å². The van der Waals surface area contributed by atoms with E-state index in [1.54, 1.807) is 27.7 Å².